The summed E-state index contributed by atoms with van der Waals surface area (Å²) in [4.78, 5) is 19.0. The van der Waals surface area contributed by atoms with Crippen molar-refractivity contribution in [2.45, 2.75) is 50.4 Å². The van der Waals surface area contributed by atoms with Crippen LogP contribution in [0, 0.1) is 12.7 Å². The Hall–Kier alpha value is -2.76. The fraction of sp³-hybridized carbons (Fsp3) is 0.429. The number of fused-ring (bicyclic) bond motifs is 1. The van der Waals surface area contributed by atoms with Gasteiger partial charge in [0.25, 0.3) is 5.91 Å². The van der Waals surface area contributed by atoms with E-state index in [1.54, 1.807) is 6.07 Å². The average molecular weight is 455 g/mol. The number of hydrogen-bond donors (Lipinski definition) is 3. The van der Waals surface area contributed by atoms with Gasteiger partial charge in [-0.2, -0.15) is 13.2 Å². The van der Waals surface area contributed by atoms with Gasteiger partial charge in [-0.15, -0.1) is 0 Å². The third-order valence-electron chi connectivity index (χ3n) is 5.98. The molecule has 2 heterocycles. The van der Waals surface area contributed by atoms with Crippen molar-refractivity contribution in [1.29, 1.82) is 0 Å². The van der Waals surface area contributed by atoms with Crippen LogP contribution < -0.4 is 9.80 Å². The van der Waals surface area contributed by atoms with E-state index in [9.17, 15) is 37.7 Å². The molecule has 1 aromatic heterocycles. The summed E-state index contributed by atoms with van der Waals surface area (Å²) in [6, 6.07) is 2.54. The molecule has 172 valence electrons. The molecule has 1 amide bonds. The van der Waals surface area contributed by atoms with Crippen LogP contribution in [0.25, 0.3) is 0 Å². The average Bonchev–Trinajstić information content (AvgIpc) is 2.91. The molecule has 1 aliphatic heterocycles. The van der Waals surface area contributed by atoms with Crippen molar-refractivity contribution in [1.82, 2.24) is 4.98 Å². The zero-order valence-corrected chi connectivity index (χ0v) is 17.1. The highest BCUT2D eigenvalue weighted by molar-refractivity contribution is 5.99. The van der Waals surface area contributed by atoms with Crippen molar-refractivity contribution < 1.29 is 37.7 Å². The zero-order valence-electron chi connectivity index (χ0n) is 17.1. The number of aromatic nitrogens is 1. The Balaban J connectivity index is 1.73. The van der Waals surface area contributed by atoms with Crippen LogP contribution in [0.5, 0.6) is 0 Å². The van der Waals surface area contributed by atoms with E-state index in [0.717, 1.165) is 27.5 Å². The summed E-state index contributed by atoms with van der Waals surface area (Å²) in [6.45, 7) is 1.31. The van der Waals surface area contributed by atoms with Crippen molar-refractivity contribution in [2.75, 3.05) is 16.8 Å². The Labute approximate surface area is 180 Å². The second-order valence-corrected chi connectivity index (χ2v) is 8.06. The van der Waals surface area contributed by atoms with Crippen molar-refractivity contribution in [3.63, 3.8) is 0 Å². The Kier molecular flexibility index (Phi) is 5.38. The molecule has 2 aromatic rings. The minimum Gasteiger partial charge on any atom is -0.388 e. The fourth-order valence-corrected chi connectivity index (χ4v) is 4.13. The number of rotatable bonds is 3. The standard InChI is InChI=1S/C21H21F4N3O4/c1-9-5-11(21(23,24)25)7-15(26-9)28-16(17(29)18(30)20(28)32)19(31)27(2)12-6-10-3-4-13(10)14(22)8-12/h5-8,16-18,20,29-30,32H,3-4H2,1-2H3. The molecular formula is C21H21F4N3O4. The first-order chi connectivity index (χ1) is 14.9. The molecule has 11 heteroatoms. The smallest absolute Gasteiger partial charge is 0.388 e. The maximum Gasteiger partial charge on any atom is 0.416 e. The monoisotopic (exact) mass is 455 g/mol. The van der Waals surface area contributed by atoms with Crippen LogP contribution in [0.15, 0.2) is 24.3 Å². The summed E-state index contributed by atoms with van der Waals surface area (Å²) in [7, 11) is 1.31. The predicted octanol–water partition coefficient (Wildman–Crippen LogP) is 1.54. The lowest BCUT2D eigenvalue weighted by atomic mass is 9.87. The van der Waals surface area contributed by atoms with Gasteiger partial charge in [0.15, 0.2) is 6.23 Å². The van der Waals surface area contributed by atoms with Crippen LogP contribution in [0.1, 0.15) is 22.4 Å². The molecule has 0 bridgehead atoms. The molecule has 4 unspecified atom stereocenters. The summed E-state index contributed by atoms with van der Waals surface area (Å²) in [6.07, 6.45) is -9.05. The number of carbonyl (C=O) groups excluding carboxylic acids is 1. The first kappa shape index (κ1) is 22.4. The van der Waals surface area contributed by atoms with Crippen LogP contribution in [-0.4, -0.2) is 57.7 Å². The number of nitrogens with zero attached hydrogens (tertiary/aromatic N) is 3. The second-order valence-electron chi connectivity index (χ2n) is 8.06. The summed E-state index contributed by atoms with van der Waals surface area (Å²) in [5, 5.41) is 31.1. The van der Waals surface area contributed by atoms with Crippen molar-refractivity contribution in [2.24, 2.45) is 0 Å². The minimum atomic E-state index is -4.72. The van der Waals surface area contributed by atoms with Gasteiger partial charge >= 0.3 is 6.18 Å². The lowest BCUT2D eigenvalue weighted by Crippen LogP contribution is -2.51. The number of amides is 1. The topological polar surface area (TPSA) is 97.1 Å². The number of pyridine rings is 1. The van der Waals surface area contributed by atoms with E-state index in [1.165, 1.54) is 14.0 Å². The summed E-state index contributed by atoms with van der Waals surface area (Å²) >= 11 is 0. The summed E-state index contributed by atoms with van der Waals surface area (Å²) in [5.74, 6) is -1.78. The SMILES string of the molecule is Cc1cc(C(F)(F)F)cc(N2C(O)C(O)C(O)C2C(=O)N(C)c2cc(F)c3c(c2)CC3)n1. The number of aryl methyl sites for hydroxylation is 2. The lowest BCUT2D eigenvalue weighted by molar-refractivity contribution is -0.137. The number of anilines is 2. The molecule has 7 nitrogen and oxygen atoms in total. The van der Waals surface area contributed by atoms with E-state index in [0.29, 0.717) is 24.5 Å². The van der Waals surface area contributed by atoms with Crippen molar-refractivity contribution >= 4 is 17.4 Å². The highest BCUT2D eigenvalue weighted by Crippen LogP contribution is 2.37. The van der Waals surface area contributed by atoms with E-state index in [2.05, 4.69) is 4.98 Å². The molecular weight excluding hydrogens is 434 g/mol. The van der Waals surface area contributed by atoms with E-state index >= 15 is 0 Å². The van der Waals surface area contributed by atoms with E-state index in [1.807, 2.05) is 0 Å². The molecule has 0 spiro atoms. The van der Waals surface area contributed by atoms with Gasteiger partial charge in [0, 0.05) is 18.4 Å². The van der Waals surface area contributed by atoms with Crippen LogP contribution in [0.4, 0.5) is 29.1 Å². The number of aliphatic hydroxyl groups is 3. The normalized spacial score (nSPS) is 24.8. The van der Waals surface area contributed by atoms with Crippen LogP contribution in [-0.2, 0) is 23.8 Å². The number of hydrogen-bond acceptors (Lipinski definition) is 6. The minimum absolute atomic E-state index is 0.0399. The number of carbonyl (C=O) groups is 1. The highest BCUT2D eigenvalue weighted by Gasteiger charge is 2.52. The van der Waals surface area contributed by atoms with Gasteiger partial charge in [-0.25, -0.2) is 9.37 Å². The maximum absolute atomic E-state index is 14.2. The fourth-order valence-electron chi connectivity index (χ4n) is 4.13. The Morgan fingerprint density at radius 2 is 1.81 bits per heavy atom. The predicted molar refractivity (Wildman–Crippen MR) is 105 cm³/mol. The van der Waals surface area contributed by atoms with Crippen LogP contribution >= 0.6 is 0 Å². The number of halogens is 4. The zero-order chi connectivity index (χ0) is 23.5. The second kappa shape index (κ2) is 7.68. The highest BCUT2D eigenvalue weighted by atomic mass is 19.4. The first-order valence-corrected chi connectivity index (χ1v) is 9.87. The molecule has 1 fully saturated rings. The van der Waals surface area contributed by atoms with E-state index in [-0.39, 0.29) is 11.4 Å². The molecule has 0 radical (unpaired) electrons. The molecule has 3 N–H and O–H groups in total. The quantitative estimate of drug-likeness (QED) is 0.608. The van der Waals surface area contributed by atoms with E-state index < -0.39 is 53.8 Å². The largest absolute Gasteiger partial charge is 0.416 e. The van der Waals surface area contributed by atoms with Gasteiger partial charge in [-0.05, 0) is 55.2 Å². The molecule has 0 saturated carbocycles. The van der Waals surface area contributed by atoms with E-state index in [4.69, 9.17) is 0 Å². The summed E-state index contributed by atoms with van der Waals surface area (Å²) < 4.78 is 54.1. The van der Waals surface area contributed by atoms with Gasteiger partial charge in [0.05, 0.1) is 5.56 Å². The first-order valence-electron chi connectivity index (χ1n) is 9.87. The van der Waals surface area contributed by atoms with Gasteiger partial charge in [-0.3, -0.25) is 4.79 Å². The van der Waals surface area contributed by atoms with Gasteiger partial charge in [0.1, 0.15) is 29.9 Å². The number of benzene rings is 1. The molecule has 1 aliphatic carbocycles. The van der Waals surface area contributed by atoms with Crippen LogP contribution in [0.2, 0.25) is 0 Å². The third-order valence-corrected chi connectivity index (χ3v) is 5.98. The Morgan fingerprint density at radius 1 is 1.12 bits per heavy atom. The third kappa shape index (κ3) is 3.59. The van der Waals surface area contributed by atoms with Crippen molar-refractivity contribution in [3.8, 4) is 0 Å². The van der Waals surface area contributed by atoms with Gasteiger partial charge < -0.3 is 25.1 Å². The number of likely N-dealkylation sites (N-methyl/N-ethyl adjacent to an activating group) is 1. The molecule has 1 aromatic carbocycles. The van der Waals surface area contributed by atoms with Crippen molar-refractivity contribution in [3.05, 3.63) is 52.5 Å². The van der Waals surface area contributed by atoms with Gasteiger partial charge in [-0.1, -0.05) is 0 Å². The molecule has 2 aliphatic rings. The number of aliphatic hydroxyl groups excluding tert-OH is 3. The van der Waals surface area contributed by atoms with Crippen LogP contribution in [0.3, 0.4) is 0 Å². The molecule has 1 saturated heterocycles. The summed E-state index contributed by atoms with van der Waals surface area (Å²) in [5.41, 5.74) is 0.376. The Bertz CT molecular complexity index is 1060. The number of alkyl halides is 3. The Morgan fingerprint density at radius 3 is 2.38 bits per heavy atom. The molecule has 4 atom stereocenters. The van der Waals surface area contributed by atoms with Gasteiger partial charge in [0.2, 0.25) is 0 Å². The molecule has 32 heavy (non-hydrogen) atoms. The molecule has 4 rings (SSSR count). The lowest BCUT2D eigenvalue weighted by Gasteiger charge is -2.32. The maximum atomic E-state index is 14.2.